The Balaban J connectivity index is 1.41. The average Bonchev–Trinajstić information content (AvgIpc) is 3.29. The van der Waals surface area contributed by atoms with Crippen molar-refractivity contribution in [3.05, 3.63) is 76.5 Å². The third kappa shape index (κ3) is 3.78. The van der Waals surface area contributed by atoms with Crippen LogP contribution in [0.1, 0.15) is 22.4 Å². The van der Waals surface area contributed by atoms with E-state index < -0.39 is 0 Å². The zero-order chi connectivity index (χ0) is 18.8. The molecular formula is C22H20N2O2S. The summed E-state index contributed by atoms with van der Waals surface area (Å²) in [6.07, 6.45) is 1.98. The number of nitrogens with zero attached hydrogens (tertiary/aromatic N) is 1. The lowest BCUT2D eigenvalue weighted by Crippen LogP contribution is -2.24. The van der Waals surface area contributed by atoms with E-state index in [1.54, 1.807) is 17.6 Å². The molecular weight excluding hydrogens is 356 g/mol. The van der Waals surface area contributed by atoms with E-state index in [1.165, 1.54) is 11.1 Å². The number of amides is 1. The molecule has 0 aliphatic carbocycles. The molecule has 1 N–H and O–H groups in total. The fraction of sp³-hybridized carbons (Fsp3) is 0.182. The van der Waals surface area contributed by atoms with Crippen molar-refractivity contribution in [3.8, 4) is 10.6 Å². The summed E-state index contributed by atoms with van der Waals surface area (Å²) in [5, 5.41) is 6.92. The molecule has 4 rings (SSSR count). The van der Waals surface area contributed by atoms with Crippen molar-refractivity contribution in [3.63, 3.8) is 0 Å². The minimum atomic E-state index is -0.0369. The number of aromatic nitrogens is 1. The second-order valence-electron chi connectivity index (χ2n) is 6.66. The van der Waals surface area contributed by atoms with Crippen LogP contribution in [0, 0.1) is 13.8 Å². The molecule has 0 aliphatic rings. The highest BCUT2D eigenvalue weighted by Gasteiger charge is 2.12. The lowest BCUT2D eigenvalue weighted by molar-refractivity contribution is -0.120. The maximum Gasteiger partial charge on any atom is 0.224 e. The van der Waals surface area contributed by atoms with E-state index in [4.69, 9.17) is 4.42 Å². The van der Waals surface area contributed by atoms with Crippen LogP contribution in [-0.2, 0) is 17.8 Å². The number of carbonyl (C=O) groups excluding carboxylic acids is 1. The third-order valence-electron chi connectivity index (χ3n) is 4.66. The smallest absolute Gasteiger partial charge is 0.224 e. The number of rotatable bonds is 5. The summed E-state index contributed by atoms with van der Waals surface area (Å²) < 4.78 is 5.61. The number of hydrogen-bond donors (Lipinski definition) is 1. The van der Waals surface area contributed by atoms with Gasteiger partial charge in [0.25, 0.3) is 0 Å². The van der Waals surface area contributed by atoms with Gasteiger partial charge in [-0.1, -0.05) is 30.3 Å². The first-order valence-electron chi connectivity index (χ1n) is 8.84. The molecule has 4 aromatic rings. The first-order chi connectivity index (χ1) is 13.1. The first kappa shape index (κ1) is 17.5. The highest BCUT2D eigenvalue weighted by molar-refractivity contribution is 7.13. The van der Waals surface area contributed by atoms with Gasteiger partial charge in [-0.15, -0.1) is 11.3 Å². The van der Waals surface area contributed by atoms with E-state index in [0.29, 0.717) is 13.0 Å². The van der Waals surface area contributed by atoms with Gasteiger partial charge in [0.1, 0.15) is 10.6 Å². The molecule has 0 spiro atoms. The van der Waals surface area contributed by atoms with Crippen molar-refractivity contribution in [2.45, 2.75) is 26.8 Å². The van der Waals surface area contributed by atoms with Crippen molar-refractivity contribution in [2.24, 2.45) is 0 Å². The Bertz CT molecular complexity index is 1100. The second-order valence-corrected chi connectivity index (χ2v) is 7.52. The molecule has 1 amide bonds. The average molecular weight is 376 g/mol. The molecule has 0 saturated heterocycles. The first-order valence-corrected chi connectivity index (χ1v) is 9.72. The van der Waals surface area contributed by atoms with Crippen molar-refractivity contribution >= 4 is 28.2 Å². The summed E-state index contributed by atoms with van der Waals surface area (Å²) in [4.78, 5) is 17.0. The Morgan fingerprint density at radius 1 is 1.15 bits per heavy atom. The summed E-state index contributed by atoms with van der Waals surface area (Å²) in [6, 6.07) is 14.2. The van der Waals surface area contributed by atoms with Crippen LogP contribution in [-0.4, -0.2) is 10.9 Å². The predicted molar refractivity (Wildman–Crippen MR) is 109 cm³/mol. The standard InChI is InChI=1S/C22H20N2O2S/c1-14-8-19-17(12-26-20(19)9-15(14)2)10-21(25)23-11-18-13-27-22(24-18)16-6-4-3-5-7-16/h3-9,12-13H,10-11H2,1-2H3,(H,23,25). The summed E-state index contributed by atoms with van der Waals surface area (Å²) in [5.41, 5.74) is 6.08. The fourth-order valence-electron chi connectivity index (χ4n) is 3.00. The van der Waals surface area contributed by atoms with Crippen LogP contribution < -0.4 is 5.32 Å². The molecule has 0 bridgehead atoms. The molecule has 0 saturated carbocycles. The molecule has 2 aromatic carbocycles. The number of benzene rings is 2. The van der Waals surface area contributed by atoms with Crippen LogP contribution in [0.5, 0.6) is 0 Å². The summed E-state index contributed by atoms with van der Waals surface area (Å²) in [5.74, 6) is -0.0369. The molecule has 0 fully saturated rings. The molecule has 5 heteroatoms. The van der Waals surface area contributed by atoms with E-state index >= 15 is 0 Å². The molecule has 136 valence electrons. The number of fused-ring (bicyclic) bond motifs is 1. The van der Waals surface area contributed by atoms with Crippen LogP contribution in [0.25, 0.3) is 21.5 Å². The van der Waals surface area contributed by atoms with Gasteiger partial charge in [-0.25, -0.2) is 4.98 Å². The Morgan fingerprint density at radius 3 is 2.74 bits per heavy atom. The minimum Gasteiger partial charge on any atom is -0.464 e. The Morgan fingerprint density at radius 2 is 1.93 bits per heavy atom. The van der Waals surface area contributed by atoms with Gasteiger partial charge in [-0.2, -0.15) is 0 Å². The predicted octanol–water partition coefficient (Wildman–Crippen LogP) is 5.03. The molecule has 2 aromatic heterocycles. The van der Waals surface area contributed by atoms with Gasteiger partial charge < -0.3 is 9.73 Å². The highest BCUT2D eigenvalue weighted by Crippen LogP contribution is 2.25. The molecule has 0 atom stereocenters. The lowest BCUT2D eigenvalue weighted by atomic mass is 10.0. The number of carbonyl (C=O) groups is 1. The number of aryl methyl sites for hydroxylation is 2. The largest absolute Gasteiger partial charge is 0.464 e. The fourth-order valence-corrected chi connectivity index (χ4v) is 3.83. The maximum absolute atomic E-state index is 12.4. The van der Waals surface area contributed by atoms with Crippen LogP contribution >= 0.6 is 11.3 Å². The summed E-state index contributed by atoms with van der Waals surface area (Å²) in [7, 11) is 0. The van der Waals surface area contributed by atoms with E-state index in [2.05, 4.69) is 30.2 Å². The van der Waals surface area contributed by atoms with Gasteiger partial charge >= 0.3 is 0 Å². The second kappa shape index (κ2) is 7.37. The van der Waals surface area contributed by atoms with Gasteiger partial charge in [0, 0.05) is 21.9 Å². The van der Waals surface area contributed by atoms with Crippen LogP contribution in [0.3, 0.4) is 0 Å². The van der Waals surface area contributed by atoms with Gasteiger partial charge in [-0.3, -0.25) is 4.79 Å². The summed E-state index contributed by atoms with van der Waals surface area (Å²) in [6.45, 7) is 4.55. The lowest BCUT2D eigenvalue weighted by Gasteiger charge is -2.03. The highest BCUT2D eigenvalue weighted by atomic mass is 32.1. The Hall–Kier alpha value is -2.92. The molecule has 27 heavy (non-hydrogen) atoms. The van der Waals surface area contributed by atoms with Crippen molar-refractivity contribution in [1.82, 2.24) is 10.3 Å². The van der Waals surface area contributed by atoms with Gasteiger partial charge in [0.05, 0.1) is 24.9 Å². The zero-order valence-electron chi connectivity index (χ0n) is 15.3. The van der Waals surface area contributed by atoms with Crippen LogP contribution in [0.2, 0.25) is 0 Å². The van der Waals surface area contributed by atoms with E-state index in [9.17, 15) is 4.79 Å². The number of hydrogen-bond acceptors (Lipinski definition) is 4. The normalized spacial score (nSPS) is 11.0. The minimum absolute atomic E-state index is 0.0369. The van der Waals surface area contributed by atoms with E-state index in [0.717, 1.165) is 32.8 Å². The third-order valence-corrected chi connectivity index (χ3v) is 5.60. The van der Waals surface area contributed by atoms with E-state index in [-0.39, 0.29) is 5.91 Å². The van der Waals surface area contributed by atoms with Gasteiger partial charge in [0.2, 0.25) is 5.91 Å². The van der Waals surface area contributed by atoms with Crippen molar-refractivity contribution < 1.29 is 9.21 Å². The molecule has 0 aliphatic heterocycles. The van der Waals surface area contributed by atoms with Crippen molar-refractivity contribution in [1.29, 1.82) is 0 Å². The molecule has 0 radical (unpaired) electrons. The number of furan rings is 1. The summed E-state index contributed by atoms with van der Waals surface area (Å²) >= 11 is 1.59. The Labute approximate surface area is 161 Å². The topological polar surface area (TPSA) is 55.1 Å². The van der Waals surface area contributed by atoms with E-state index in [1.807, 2.05) is 41.8 Å². The van der Waals surface area contributed by atoms with Crippen molar-refractivity contribution in [2.75, 3.05) is 0 Å². The molecule has 0 unspecified atom stereocenters. The van der Waals surface area contributed by atoms with Gasteiger partial charge in [-0.05, 0) is 37.1 Å². The Kier molecular flexibility index (Phi) is 4.77. The molecule has 2 heterocycles. The number of thiazole rings is 1. The monoisotopic (exact) mass is 376 g/mol. The van der Waals surface area contributed by atoms with Crippen LogP contribution in [0.15, 0.2) is 58.5 Å². The zero-order valence-corrected chi connectivity index (χ0v) is 16.1. The number of nitrogens with one attached hydrogen (secondary N) is 1. The maximum atomic E-state index is 12.4. The SMILES string of the molecule is Cc1cc2occ(CC(=O)NCc3csc(-c4ccccc4)n3)c2cc1C. The molecule has 4 nitrogen and oxygen atoms in total. The van der Waals surface area contributed by atoms with Gasteiger partial charge in [0.15, 0.2) is 0 Å². The quantitative estimate of drug-likeness (QED) is 0.531. The van der Waals surface area contributed by atoms with Crippen LogP contribution in [0.4, 0.5) is 0 Å².